The minimum Gasteiger partial charge on any atom is -0.305 e. The highest BCUT2D eigenvalue weighted by atomic mass is 35.5. The van der Waals surface area contributed by atoms with Gasteiger partial charge in [-0.2, -0.15) is 0 Å². The molecule has 1 saturated heterocycles. The Morgan fingerprint density at radius 1 is 1.25 bits per heavy atom. The summed E-state index contributed by atoms with van der Waals surface area (Å²) in [4.78, 5) is 16.8. The zero-order valence-corrected chi connectivity index (χ0v) is 12.9. The maximum atomic E-state index is 12.1. The molecule has 2 rings (SSSR count). The van der Waals surface area contributed by atoms with Gasteiger partial charge in [-0.15, -0.1) is 0 Å². The number of carbonyl (C=O) groups excluding carboxylic acids is 1. The van der Waals surface area contributed by atoms with Gasteiger partial charge in [-0.3, -0.25) is 4.79 Å². The van der Waals surface area contributed by atoms with Crippen LogP contribution in [0.1, 0.15) is 29.6 Å². The summed E-state index contributed by atoms with van der Waals surface area (Å²) in [6.45, 7) is 5.38. The molecule has 1 aromatic carbocycles. The van der Waals surface area contributed by atoms with Crippen LogP contribution in [0.15, 0.2) is 24.3 Å². The summed E-state index contributed by atoms with van der Waals surface area (Å²) in [5.74, 6) is 0.128. The molecule has 0 N–H and O–H groups in total. The van der Waals surface area contributed by atoms with Gasteiger partial charge in [0.25, 0.3) is 0 Å². The number of likely N-dealkylation sites (tertiary alicyclic amines) is 1. The SMILES string of the molecule is CN(CCC(=O)c1ccccc1Cl)CCN1CCCC1. The first-order valence-electron chi connectivity index (χ1n) is 7.35. The van der Waals surface area contributed by atoms with Crippen LogP contribution in [-0.4, -0.2) is 55.4 Å². The van der Waals surface area contributed by atoms with Gasteiger partial charge in [0.2, 0.25) is 0 Å². The number of halogens is 1. The Bertz CT molecular complexity index is 444. The Morgan fingerprint density at radius 3 is 2.65 bits per heavy atom. The highest BCUT2D eigenvalue weighted by Gasteiger charge is 2.13. The molecule has 0 amide bonds. The van der Waals surface area contributed by atoms with E-state index in [0.717, 1.165) is 19.6 Å². The first-order valence-corrected chi connectivity index (χ1v) is 7.73. The molecule has 3 nitrogen and oxygen atoms in total. The third kappa shape index (κ3) is 4.58. The lowest BCUT2D eigenvalue weighted by Crippen LogP contribution is -2.32. The Kier molecular flexibility index (Phi) is 6.02. The summed E-state index contributed by atoms with van der Waals surface area (Å²) in [5, 5.41) is 0.553. The van der Waals surface area contributed by atoms with Gasteiger partial charge in [0.1, 0.15) is 0 Å². The molecule has 1 fully saturated rings. The number of ketones is 1. The molecule has 1 aromatic rings. The fourth-order valence-corrected chi connectivity index (χ4v) is 2.79. The largest absolute Gasteiger partial charge is 0.305 e. The highest BCUT2D eigenvalue weighted by Crippen LogP contribution is 2.16. The zero-order chi connectivity index (χ0) is 14.4. The van der Waals surface area contributed by atoms with E-state index in [1.165, 1.54) is 25.9 Å². The predicted molar refractivity (Wildman–Crippen MR) is 83.6 cm³/mol. The lowest BCUT2D eigenvalue weighted by Gasteiger charge is -2.21. The number of benzene rings is 1. The molecule has 1 aliphatic heterocycles. The highest BCUT2D eigenvalue weighted by molar-refractivity contribution is 6.33. The molecule has 4 heteroatoms. The second kappa shape index (κ2) is 7.77. The Balaban J connectivity index is 1.71. The van der Waals surface area contributed by atoms with E-state index in [1.807, 2.05) is 12.1 Å². The molecule has 0 atom stereocenters. The quantitative estimate of drug-likeness (QED) is 0.723. The van der Waals surface area contributed by atoms with Crippen molar-refractivity contribution < 1.29 is 4.79 Å². The van der Waals surface area contributed by atoms with Gasteiger partial charge >= 0.3 is 0 Å². The van der Waals surface area contributed by atoms with Crippen molar-refractivity contribution >= 4 is 17.4 Å². The molecule has 0 unspecified atom stereocenters. The smallest absolute Gasteiger partial charge is 0.165 e. The van der Waals surface area contributed by atoms with Gasteiger partial charge in [-0.05, 0) is 45.1 Å². The van der Waals surface area contributed by atoms with Gasteiger partial charge in [0.15, 0.2) is 5.78 Å². The van der Waals surface area contributed by atoms with Crippen LogP contribution < -0.4 is 0 Å². The van der Waals surface area contributed by atoms with Crippen LogP contribution in [-0.2, 0) is 0 Å². The summed E-state index contributed by atoms with van der Waals surface area (Å²) in [6.07, 6.45) is 3.18. The van der Waals surface area contributed by atoms with Crippen molar-refractivity contribution in [2.45, 2.75) is 19.3 Å². The van der Waals surface area contributed by atoms with Crippen molar-refractivity contribution in [2.24, 2.45) is 0 Å². The van der Waals surface area contributed by atoms with E-state index in [0.29, 0.717) is 17.0 Å². The number of hydrogen-bond acceptors (Lipinski definition) is 3. The second-order valence-corrected chi connectivity index (χ2v) is 5.91. The average molecular weight is 295 g/mol. The van der Waals surface area contributed by atoms with E-state index in [9.17, 15) is 4.79 Å². The Morgan fingerprint density at radius 2 is 1.95 bits per heavy atom. The molecule has 20 heavy (non-hydrogen) atoms. The second-order valence-electron chi connectivity index (χ2n) is 5.51. The molecular weight excluding hydrogens is 272 g/mol. The van der Waals surface area contributed by atoms with E-state index in [-0.39, 0.29) is 5.78 Å². The summed E-state index contributed by atoms with van der Waals surface area (Å²) in [5.41, 5.74) is 0.641. The van der Waals surface area contributed by atoms with E-state index in [2.05, 4.69) is 16.8 Å². The minimum absolute atomic E-state index is 0.128. The summed E-state index contributed by atoms with van der Waals surface area (Å²) in [6, 6.07) is 7.28. The zero-order valence-electron chi connectivity index (χ0n) is 12.1. The van der Waals surface area contributed by atoms with Crippen molar-refractivity contribution in [3.05, 3.63) is 34.9 Å². The van der Waals surface area contributed by atoms with E-state index >= 15 is 0 Å². The lowest BCUT2D eigenvalue weighted by molar-refractivity contribution is 0.0967. The van der Waals surface area contributed by atoms with E-state index < -0.39 is 0 Å². The number of rotatable bonds is 7. The number of carbonyl (C=O) groups is 1. The van der Waals surface area contributed by atoms with Crippen LogP contribution in [0, 0.1) is 0 Å². The van der Waals surface area contributed by atoms with Gasteiger partial charge in [-0.1, -0.05) is 23.7 Å². The Hall–Kier alpha value is -0.900. The Labute approximate surface area is 126 Å². The summed E-state index contributed by atoms with van der Waals surface area (Å²) >= 11 is 6.04. The van der Waals surface area contributed by atoms with E-state index in [1.54, 1.807) is 12.1 Å². The molecule has 0 aromatic heterocycles. The number of Topliss-reactive ketones (excluding diaryl/α,β-unsaturated/α-hetero) is 1. The maximum Gasteiger partial charge on any atom is 0.165 e. The maximum absolute atomic E-state index is 12.1. The molecular formula is C16H23ClN2O. The molecule has 0 saturated carbocycles. The van der Waals surface area contributed by atoms with Crippen LogP contribution in [0.25, 0.3) is 0 Å². The van der Waals surface area contributed by atoms with Gasteiger partial charge in [0, 0.05) is 31.6 Å². The number of likely N-dealkylation sites (N-methyl/N-ethyl adjacent to an activating group) is 1. The first-order chi connectivity index (χ1) is 9.66. The number of nitrogens with zero attached hydrogens (tertiary/aromatic N) is 2. The molecule has 0 spiro atoms. The van der Waals surface area contributed by atoms with Crippen molar-refractivity contribution in [3.63, 3.8) is 0 Å². The lowest BCUT2D eigenvalue weighted by atomic mass is 10.1. The van der Waals surface area contributed by atoms with Crippen LogP contribution in [0.3, 0.4) is 0 Å². The van der Waals surface area contributed by atoms with Crippen molar-refractivity contribution in [2.75, 3.05) is 39.8 Å². The topological polar surface area (TPSA) is 23.6 Å². The molecule has 0 bridgehead atoms. The van der Waals surface area contributed by atoms with Gasteiger partial charge in [-0.25, -0.2) is 0 Å². The third-order valence-electron chi connectivity index (χ3n) is 3.89. The average Bonchev–Trinajstić information content (AvgIpc) is 2.96. The van der Waals surface area contributed by atoms with Crippen molar-refractivity contribution in [3.8, 4) is 0 Å². The fraction of sp³-hybridized carbons (Fsp3) is 0.562. The molecule has 1 heterocycles. The normalized spacial score (nSPS) is 15.9. The van der Waals surface area contributed by atoms with Gasteiger partial charge < -0.3 is 9.80 Å². The fourth-order valence-electron chi connectivity index (χ4n) is 2.54. The molecule has 110 valence electrons. The minimum atomic E-state index is 0.128. The molecule has 0 radical (unpaired) electrons. The van der Waals surface area contributed by atoms with Crippen LogP contribution >= 0.6 is 11.6 Å². The molecule has 0 aliphatic carbocycles. The first kappa shape index (κ1) is 15.5. The van der Waals surface area contributed by atoms with Crippen LogP contribution in [0.4, 0.5) is 0 Å². The third-order valence-corrected chi connectivity index (χ3v) is 4.22. The number of hydrogen-bond donors (Lipinski definition) is 0. The molecule has 1 aliphatic rings. The predicted octanol–water partition coefficient (Wildman–Crippen LogP) is 2.94. The van der Waals surface area contributed by atoms with Crippen molar-refractivity contribution in [1.29, 1.82) is 0 Å². The summed E-state index contributed by atoms with van der Waals surface area (Å²) in [7, 11) is 2.08. The van der Waals surface area contributed by atoms with Crippen LogP contribution in [0.2, 0.25) is 5.02 Å². The van der Waals surface area contributed by atoms with Gasteiger partial charge in [0.05, 0.1) is 5.02 Å². The summed E-state index contributed by atoms with van der Waals surface area (Å²) < 4.78 is 0. The van der Waals surface area contributed by atoms with Crippen molar-refractivity contribution in [1.82, 2.24) is 9.80 Å². The monoisotopic (exact) mass is 294 g/mol. The van der Waals surface area contributed by atoms with Crippen LogP contribution in [0.5, 0.6) is 0 Å². The standard InChI is InChI=1S/C16H23ClN2O/c1-18(12-13-19-9-4-5-10-19)11-8-16(20)14-6-2-3-7-15(14)17/h2-3,6-7H,4-5,8-13H2,1H3. The van der Waals surface area contributed by atoms with E-state index in [4.69, 9.17) is 11.6 Å².